The van der Waals surface area contributed by atoms with Gasteiger partial charge in [0.25, 0.3) is 11.6 Å². The maximum absolute atomic E-state index is 12.5. The van der Waals surface area contributed by atoms with Crippen LogP contribution in [0.4, 0.5) is 17.1 Å². The predicted octanol–water partition coefficient (Wildman–Crippen LogP) is 4.05. The minimum atomic E-state index is -0.499. The fraction of sp³-hybridized carbons (Fsp3) is 0.100. The van der Waals surface area contributed by atoms with Crippen LogP contribution in [0.1, 0.15) is 27.7 Å². The number of benzene rings is 2. The number of hydrogen-bond donors (Lipinski definition) is 2. The number of amides is 1. The van der Waals surface area contributed by atoms with Crippen molar-refractivity contribution < 1.29 is 14.5 Å². The van der Waals surface area contributed by atoms with E-state index in [4.69, 9.17) is 4.74 Å². The number of aromatic nitrogens is 1. The molecule has 0 saturated carbocycles. The second kappa shape index (κ2) is 6.99. The lowest BCUT2D eigenvalue weighted by molar-refractivity contribution is -0.385. The molecule has 0 saturated heterocycles. The first kappa shape index (κ1) is 17.5. The Hall–Kier alpha value is -3.94. The Kier molecular flexibility index (Phi) is 4.36. The van der Waals surface area contributed by atoms with Gasteiger partial charge >= 0.3 is 0 Å². The molecular weight excluding hydrogens is 360 g/mol. The number of anilines is 2. The molecule has 2 heterocycles. The number of nitro benzene ring substituents is 1. The van der Waals surface area contributed by atoms with Crippen molar-refractivity contribution in [1.82, 2.24) is 4.98 Å². The van der Waals surface area contributed by atoms with Gasteiger partial charge in [-0.1, -0.05) is 12.1 Å². The van der Waals surface area contributed by atoms with Gasteiger partial charge < -0.3 is 15.4 Å². The third-order valence-electron chi connectivity index (χ3n) is 4.42. The Morgan fingerprint density at radius 1 is 1.25 bits per heavy atom. The Labute approximate surface area is 160 Å². The number of rotatable bonds is 4. The van der Waals surface area contributed by atoms with Gasteiger partial charge in [-0.3, -0.25) is 19.9 Å². The number of fused-ring (bicyclic) bond motifs is 1. The molecule has 0 radical (unpaired) electrons. The Bertz CT molecular complexity index is 1070. The third kappa shape index (κ3) is 3.35. The SMILES string of the molecule is Cc1ccc(C(=O)Nc2ccc3c(c2)NC(c2cccnc2)O3)cc1[N+](=O)[O-]. The van der Waals surface area contributed by atoms with Gasteiger partial charge in [0.1, 0.15) is 5.75 Å². The summed E-state index contributed by atoms with van der Waals surface area (Å²) in [6.07, 6.45) is 3.06. The highest BCUT2D eigenvalue weighted by molar-refractivity contribution is 6.05. The van der Waals surface area contributed by atoms with Gasteiger partial charge in [-0.25, -0.2) is 0 Å². The number of nitrogens with zero attached hydrogens (tertiary/aromatic N) is 2. The average molecular weight is 376 g/mol. The number of carbonyl (C=O) groups excluding carboxylic acids is 1. The first-order valence-corrected chi connectivity index (χ1v) is 8.55. The van der Waals surface area contributed by atoms with Crippen LogP contribution >= 0.6 is 0 Å². The van der Waals surface area contributed by atoms with Crippen molar-refractivity contribution in [3.8, 4) is 5.75 Å². The van der Waals surface area contributed by atoms with Crippen LogP contribution in [0, 0.1) is 17.0 Å². The monoisotopic (exact) mass is 376 g/mol. The van der Waals surface area contributed by atoms with Gasteiger partial charge in [0, 0.05) is 40.8 Å². The standard InChI is InChI=1S/C20H16N4O4/c1-12-4-5-13(9-17(12)24(26)27)19(25)22-15-6-7-18-16(10-15)23-20(28-18)14-3-2-8-21-11-14/h2-11,20,23H,1H3,(H,22,25). The van der Waals surface area contributed by atoms with Crippen molar-refractivity contribution in [2.45, 2.75) is 13.2 Å². The highest BCUT2D eigenvalue weighted by atomic mass is 16.6. The fourth-order valence-corrected chi connectivity index (χ4v) is 2.95. The molecule has 4 rings (SSSR count). The molecule has 1 atom stereocenters. The molecule has 28 heavy (non-hydrogen) atoms. The molecule has 0 aliphatic carbocycles. The lowest BCUT2D eigenvalue weighted by Gasteiger charge is -2.10. The first-order chi connectivity index (χ1) is 13.5. The molecule has 0 spiro atoms. The molecule has 1 unspecified atom stereocenters. The Balaban J connectivity index is 1.51. The van der Waals surface area contributed by atoms with Crippen molar-refractivity contribution in [1.29, 1.82) is 0 Å². The molecule has 3 aromatic rings. The zero-order valence-electron chi connectivity index (χ0n) is 14.9. The molecule has 8 heteroatoms. The van der Waals surface area contributed by atoms with E-state index in [9.17, 15) is 14.9 Å². The number of pyridine rings is 1. The summed E-state index contributed by atoms with van der Waals surface area (Å²) >= 11 is 0. The molecule has 0 bridgehead atoms. The van der Waals surface area contributed by atoms with Crippen molar-refractivity contribution >= 4 is 23.0 Å². The van der Waals surface area contributed by atoms with Crippen LogP contribution in [-0.4, -0.2) is 15.8 Å². The molecule has 140 valence electrons. The summed E-state index contributed by atoms with van der Waals surface area (Å²) in [6.45, 7) is 1.63. The average Bonchev–Trinajstić information content (AvgIpc) is 3.12. The van der Waals surface area contributed by atoms with Crippen LogP contribution in [0.2, 0.25) is 0 Å². The molecule has 8 nitrogen and oxygen atoms in total. The topological polar surface area (TPSA) is 106 Å². The zero-order chi connectivity index (χ0) is 19.7. The summed E-state index contributed by atoms with van der Waals surface area (Å²) in [5.41, 5.74) is 2.81. The van der Waals surface area contributed by atoms with E-state index in [1.165, 1.54) is 6.07 Å². The Morgan fingerprint density at radius 2 is 2.11 bits per heavy atom. The van der Waals surface area contributed by atoms with Crippen molar-refractivity contribution in [3.05, 3.63) is 87.7 Å². The van der Waals surface area contributed by atoms with Crippen LogP contribution < -0.4 is 15.4 Å². The second-order valence-electron chi connectivity index (χ2n) is 6.35. The molecule has 1 aliphatic heterocycles. The van der Waals surface area contributed by atoms with Gasteiger partial charge in [0.05, 0.1) is 10.6 Å². The normalized spacial score (nSPS) is 14.5. The van der Waals surface area contributed by atoms with Gasteiger partial charge in [-0.2, -0.15) is 0 Å². The number of hydrogen-bond acceptors (Lipinski definition) is 6. The maximum Gasteiger partial charge on any atom is 0.273 e. The van der Waals surface area contributed by atoms with E-state index >= 15 is 0 Å². The van der Waals surface area contributed by atoms with Gasteiger partial charge in [0.2, 0.25) is 0 Å². The van der Waals surface area contributed by atoms with Crippen LogP contribution in [0.25, 0.3) is 0 Å². The molecule has 2 N–H and O–H groups in total. The van der Waals surface area contributed by atoms with Crippen molar-refractivity contribution in [2.24, 2.45) is 0 Å². The summed E-state index contributed by atoms with van der Waals surface area (Å²) in [7, 11) is 0. The number of carbonyl (C=O) groups is 1. The van der Waals surface area contributed by atoms with E-state index < -0.39 is 10.8 Å². The molecular formula is C20H16N4O4. The number of aryl methyl sites for hydroxylation is 1. The molecule has 2 aromatic carbocycles. The minimum absolute atomic E-state index is 0.0871. The molecule has 1 amide bonds. The summed E-state index contributed by atoms with van der Waals surface area (Å²) < 4.78 is 5.85. The summed E-state index contributed by atoms with van der Waals surface area (Å²) in [5, 5.41) is 17.1. The van der Waals surface area contributed by atoms with E-state index in [0.29, 0.717) is 17.0 Å². The van der Waals surface area contributed by atoms with Crippen molar-refractivity contribution in [3.63, 3.8) is 0 Å². The van der Waals surface area contributed by atoms with E-state index in [1.807, 2.05) is 12.1 Å². The second-order valence-corrected chi connectivity index (χ2v) is 6.35. The largest absolute Gasteiger partial charge is 0.464 e. The predicted molar refractivity (Wildman–Crippen MR) is 103 cm³/mol. The summed E-state index contributed by atoms with van der Waals surface area (Å²) in [6, 6.07) is 13.4. The van der Waals surface area contributed by atoms with Gasteiger partial charge in [-0.05, 0) is 37.3 Å². The molecule has 1 aliphatic rings. The van der Waals surface area contributed by atoms with Crippen LogP contribution in [-0.2, 0) is 0 Å². The van der Waals surface area contributed by atoms with Gasteiger partial charge in [-0.15, -0.1) is 0 Å². The quantitative estimate of drug-likeness (QED) is 0.525. The van der Waals surface area contributed by atoms with Crippen molar-refractivity contribution in [2.75, 3.05) is 10.6 Å². The molecule has 0 fully saturated rings. The van der Waals surface area contributed by atoms with Crippen LogP contribution in [0.15, 0.2) is 60.9 Å². The smallest absolute Gasteiger partial charge is 0.273 e. The van der Waals surface area contributed by atoms with E-state index in [1.54, 1.807) is 49.6 Å². The molecule has 1 aromatic heterocycles. The minimum Gasteiger partial charge on any atom is -0.464 e. The number of nitro groups is 1. The first-order valence-electron chi connectivity index (χ1n) is 8.55. The number of ether oxygens (including phenoxy) is 1. The maximum atomic E-state index is 12.5. The fourth-order valence-electron chi connectivity index (χ4n) is 2.95. The number of nitrogens with one attached hydrogen (secondary N) is 2. The highest BCUT2D eigenvalue weighted by Crippen LogP contribution is 2.39. The van der Waals surface area contributed by atoms with E-state index in [2.05, 4.69) is 15.6 Å². The summed E-state index contributed by atoms with van der Waals surface area (Å²) in [4.78, 5) is 27.2. The van der Waals surface area contributed by atoms with Crippen LogP contribution in [0.5, 0.6) is 5.75 Å². The lowest BCUT2D eigenvalue weighted by Crippen LogP contribution is -2.12. The lowest BCUT2D eigenvalue weighted by atomic mass is 10.1. The van der Waals surface area contributed by atoms with Crippen LogP contribution in [0.3, 0.4) is 0 Å². The van der Waals surface area contributed by atoms with E-state index in [0.717, 1.165) is 11.3 Å². The highest BCUT2D eigenvalue weighted by Gasteiger charge is 2.24. The Morgan fingerprint density at radius 3 is 2.86 bits per heavy atom. The zero-order valence-corrected chi connectivity index (χ0v) is 14.9. The van der Waals surface area contributed by atoms with E-state index in [-0.39, 0.29) is 17.5 Å². The third-order valence-corrected chi connectivity index (χ3v) is 4.42. The van der Waals surface area contributed by atoms with Gasteiger partial charge in [0.15, 0.2) is 6.23 Å². The summed E-state index contributed by atoms with van der Waals surface area (Å²) in [5.74, 6) is 0.239.